The molecule has 0 fully saturated rings. The molecule has 0 aliphatic rings. The summed E-state index contributed by atoms with van der Waals surface area (Å²) in [6.45, 7) is 6.23. The largest absolute Gasteiger partial charge is 0.447 e. The summed E-state index contributed by atoms with van der Waals surface area (Å²) in [6, 6.07) is 7.60. The summed E-state index contributed by atoms with van der Waals surface area (Å²) in [4.78, 5) is 24.2. The molecular formula is C16H20N4O4. The second-order valence-electron chi connectivity index (χ2n) is 6.16. The number of aromatic nitrogens is 2. The third-order valence-electron chi connectivity index (χ3n) is 3.28. The summed E-state index contributed by atoms with van der Waals surface area (Å²) in [5, 5.41) is 14.8. The molecule has 0 saturated carbocycles. The fraction of sp³-hybridized carbons (Fsp3) is 0.375. The molecule has 2 aromatic rings. The molecule has 8 heteroatoms. The minimum atomic E-state index is -0.543. The Kier molecular flexibility index (Phi) is 5.18. The Bertz CT molecular complexity index is 690. The highest BCUT2D eigenvalue weighted by molar-refractivity contribution is 5.89. The van der Waals surface area contributed by atoms with Crippen LogP contribution in [0.1, 0.15) is 20.8 Å². The Morgan fingerprint density at radius 2 is 2.00 bits per heavy atom. The molecule has 0 atom stereocenters. The summed E-state index contributed by atoms with van der Waals surface area (Å²) in [5.74, 6) is 0. The predicted molar refractivity (Wildman–Crippen MR) is 88.9 cm³/mol. The number of carbonyl (C=O) groups is 1. The molecule has 24 heavy (non-hydrogen) atoms. The first-order chi connectivity index (χ1) is 11.3. The zero-order valence-corrected chi connectivity index (χ0v) is 13.9. The lowest BCUT2D eigenvalue weighted by Crippen LogP contribution is -2.46. The summed E-state index contributed by atoms with van der Waals surface area (Å²) in [7, 11) is 0. The fourth-order valence-electron chi connectivity index (χ4n) is 2.21. The van der Waals surface area contributed by atoms with Crippen LogP contribution in [-0.2, 0) is 11.3 Å². The molecule has 0 radical (unpaired) electrons. The number of nitrogens with zero attached hydrogens (tertiary/aromatic N) is 4. The highest BCUT2D eigenvalue weighted by Gasteiger charge is 2.29. The van der Waals surface area contributed by atoms with Gasteiger partial charge in [-0.2, -0.15) is 5.10 Å². The van der Waals surface area contributed by atoms with E-state index >= 15 is 0 Å². The maximum absolute atomic E-state index is 12.5. The van der Waals surface area contributed by atoms with Crippen LogP contribution >= 0.6 is 0 Å². The van der Waals surface area contributed by atoms with Crippen molar-refractivity contribution in [1.82, 2.24) is 9.78 Å². The van der Waals surface area contributed by atoms with Gasteiger partial charge in [-0.05, 0) is 39.0 Å². The standard InChI is InChI=1S/C16H20N4O4/c1-16(2,3)19(13-5-7-14(8-6-13)20(22)23)15(21)24-12-11-18-10-4-9-17-18/h4-10H,11-12H2,1-3H3. The van der Waals surface area contributed by atoms with Gasteiger partial charge in [-0.15, -0.1) is 0 Å². The van der Waals surface area contributed by atoms with Crippen LogP contribution in [0.5, 0.6) is 0 Å². The van der Waals surface area contributed by atoms with Crippen LogP contribution in [0, 0.1) is 10.1 Å². The van der Waals surface area contributed by atoms with Crippen molar-refractivity contribution in [2.75, 3.05) is 11.5 Å². The number of carbonyl (C=O) groups excluding carboxylic acids is 1. The van der Waals surface area contributed by atoms with Crippen LogP contribution < -0.4 is 4.90 Å². The van der Waals surface area contributed by atoms with Crippen molar-refractivity contribution in [3.63, 3.8) is 0 Å². The quantitative estimate of drug-likeness (QED) is 0.619. The zero-order chi connectivity index (χ0) is 17.7. The molecule has 0 bridgehead atoms. The van der Waals surface area contributed by atoms with E-state index in [1.54, 1.807) is 23.1 Å². The number of hydrogen-bond donors (Lipinski definition) is 0. The molecular weight excluding hydrogens is 312 g/mol. The number of nitro benzene ring substituents is 1. The Balaban J connectivity index is 2.09. The SMILES string of the molecule is CC(C)(C)N(C(=O)OCCn1cccn1)c1ccc([N+](=O)[O-])cc1. The number of anilines is 1. The molecule has 2 rings (SSSR count). The van der Waals surface area contributed by atoms with E-state index < -0.39 is 16.6 Å². The third-order valence-corrected chi connectivity index (χ3v) is 3.28. The monoisotopic (exact) mass is 332 g/mol. The maximum atomic E-state index is 12.5. The molecule has 0 unspecified atom stereocenters. The van der Waals surface area contributed by atoms with Crippen molar-refractivity contribution in [2.45, 2.75) is 32.9 Å². The molecule has 0 spiro atoms. The molecule has 1 aromatic heterocycles. The van der Waals surface area contributed by atoms with Gasteiger partial charge in [0.1, 0.15) is 6.61 Å². The molecule has 1 amide bonds. The van der Waals surface area contributed by atoms with E-state index in [0.29, 0.717) is 12.2 Å². The van der Waals surface area contributed by atoms with Crippen molar-refractivity contribution in [3.05, 3.63) is 52.8 Å². The number of rotatable bonds is 5. The first-order valence-corrected chi connectivity index (χ1v) is 7.48. The van der Waals surface area contributed by atoms with Gasteiger partial charge in [0.25, 0.3) is 5.69 Å². The Morgan fingerprint density at radius 1 is 1.33 bits per heavy atom. The van der Waals surface area contributed by atoms with Crippen molar-refractivity contribution in [2.24, 2.45) is 0 Å². The minimum absolute atomic E-state index is 0.0281. The molecule has 0 aliphatic carbocycles. The molecule has 0 saturated heterocycles. The van der Waals surface area contributed by atoms with Crippen molar-refractivity contribution in [3.8, 4) is 0 Å². The lowest BCUT2D eigenvalue weighted by Gasteiger charge is -2.34. The fourth-order valence-corrected chi connectivity index (χ4v) is 2.21. The van der Waals surface area contributed by atoms with Crippen LogP contribution in [-0.4, -0.2) is 32.9 Å². The van der Waals surface area contributed by atoms with E-state index in [9.17, 15) is 14.9 Å². The van der Waals surface area contributed by atoms with Gasteiger partial charge < -0.3 is 4.74 Å². The summed E-state index contributed by atoms with van der Waals surface area (Å²) < 4.78 is 7.00. The van der Waals surface area contributed by atoms with E-state index in [4.69, 9.17) is 4.74 Å². The molecule has 1 heterocycles. The van der Waals surface area contributed by atoms with Crippen molar-refractivity contribution >= 4 is 17.5 Å². The lowest BCUT2D eigenvalue weighted by molar-refractivity contribution is -0.384. The minimum Gasteiger partial charge on any atom is -0.447 e. The van der Waals surface area contributed by atoms with Crippen LogP contribution in [0.25, 0.3) is 0 Å². The van der Waals surface area contributed by atoms with Crippen LogP contribution in [0.2, 0.25) is 0 Å². The summed E-state index contributed by atoms with van der Waals surface area (Å²) in [5.41, 5.74) is -0.0318. The molecule has 1 aromatic carbocycles. The molecule has 0 aliphatic heterocycles. The smallest absolute Gasteiger partial charge is 0.414 e. The van der Waals surface area contributed by atoms with Gasteiger partial charge in [0.05, 0.1) is 11.5 Å². The highest BCUT2D eigenvalue weighted by atomic mass is 16.6. The van der Waals surface area contributed by atoms with Gasteiger partial charge in [-0.1, -0.05) is 0 Å². The number of ether oxygens (including phenoxy) is 1. The second kappa shape index (κ2) is 7.12. The van der Waals surface area contributed by atoms with Crippen molar-refractivity contribution < 1.29 is 14.5 Å². The van der Waals surface area contributed by atoms with Crippen LogP contribution in [0.3, 0.4) is 0 Å². The maximum Gasteiger partial charge on any atom is 0.414 e. The molecule has 8 nitrogen and oxygen atoms in total. The Morgan fingerprint density at radius 3 is 2.50 bits per heavy atom. The summed E-state index contributed by atoms with van der Waals surface area (Å²) in [6.07, 6.45) is 2.93. The number of non-ortho nitro benzene ring substituents is 1. The average molecular weight is 332 g/mol. The number of amides is 1. The van der Waals surface area contributed by atoms with E-state index in [0.717, 1.165) is 0 Å². The zero-order valence-electron chi connectivity index (χ0n) is 13.9. The lowest BCUT2D eigenvalue weighted by atomic mass is 10.1. The number of nitro groups is 1. The van der Waals surface area contributed by atoms with E-state index in [2.05, 4.69) is 5.10 Å². The van der Waals surface area contributed by atoms with Gasteiger partial charge in [0.15, 0.2) is 0 Å². The number of benzene rings is 1. The Labute approximate surface area is 139 Å². The second-order valence-corrected chi connectivity index (χ2v) is 6.16. The Hall–Kier alpha value is -2.90. The predicted octanol–water partition coefficient (Wildman–Crippen LogP) is 3.23. The van der Waals surface area contributed by atoms with Crippen molar-refractivity contribution in [1.29, 1.82) is 0 Å². The average Bonchev–Trinajstić information content (AvgIpc) is 3.00. The third kappa shape index (κ3) is 4.31. The highest BCUT2D eigenvalue weighted by Crippen LogP contribution is 2.26. The van der Waals surface area contributed by atoms with Crippen LogP contribution in [0.4, 0.5) is 16.2 Å². The first-order valence-electron chi connectivity index (χ1n) is 7.48. The van der Waals surface area contributed by atoms with E-state index in [1.807, 2.05) is 20.8 Å². The van der Waals surface area contributed by atoms with Gasteiger partial charge in [-0.25, -0.2) is 4.79 Å². The normalized spacial score (nSPS) is 11.1. The van der Waals surface area contributed by atoms with E-state index in [1.165, 1.54) is 29.2 Å². The topological polar surface area (TPSA) is 90.5 Å². The van der Waals surface area contributed by atoms with Gasteiger partial charge in [0, 0.05) is 35.8 Å². The van der Waals surface area contributed by atoms with Crippen LogP contribution in [0.15, 0.2) is 42.7 Å². The van der Waals surface area contributed by atoms with Gasteiger partial charge >= 0.3 is 6.09 Å². The van der Waals surface area contributed by atoms with Gasteiger partial charge in [0.2, 0.25) is 0 Å². The van der Waals surface area contributed by atoms with Gasteiger partial charge in [-0.3, -0.25) is 19.7 Å². The summed E-state index contributed by atoms with van der Waals surface area (Å²) >= 11 is 0. The number of hydrogen-bond acceptors (Lipinski definition) is 5. The molecule has 0 N–H and O–H groups in total. The molecule has 128 valence electrons. The van der Waals surface area contributed by atoms with E-state index in [-0.39, 0.29) is 12.3 Å². The first kappa shape index (κ1) is 17.5.